The number of hydrogen-bond acceptors (Lipinski definition) is 5. The Morgan fingerprint density at radius 3 is 2.38 bits per heavy atom. The van der Waals surface area contributed by atoms with Crippen LogP contribution in [0, 0.1) is 0 Å². The molecule has 0 radical (unpaired) electrons. The molecule has 0 aliphatic carbocycles. The molecule has 0 aromatic heterocycles. The summed E-state index contributed by atoms with van der Waals surface area (Å²) in [7, 11) is -3.86. The fourth-order valence-electron chi connectivity index (χ4n) is 4.03. The molecule has 0 spiro atoms. The van der Waals surface area contributed by atoms with Crippen molar-refractivity contribution in [2.75, 3.05) is 49.5 Å². The van der Waals surface area contributed by atoms with E-state index in [2.05, 4.69) is 39.0 Å². The molecule has 2 aromatic rings. The maximum atomic E-state index is 13.6. The standard InChI is InChI=1S/C25H37N5O3S/c1-4-6-14-26-25(31)27-22-12-13-23(30-17-15-29(5-2)16-18-30)24(19-22)34(32,33)28-20(3)21-10-8-7-9-11-21/h7-13,19-20,28H,4-6,14-18H2,1-3H3,(H2,26,27,31)/t20-/m1/s1. The number of likely N-dealkylation sites (N-methyl/N-ethyl adjacent to an activating group) is 1. The minimum absolute atomic E-state index is 0.173. The lowest BCUT2D eigenvalue weighted by Gasteiger charge is -2.36. The molecule has 1 saturated heterocycles. The third-order valence-corrected chi connectivity index (χ3v) is 7.68. The van der Waals surface area contributed by atoms with Crippen molar-refractivity contribution in [1.82, 2.24) is 14.9 Å². The van der Waals surface area contributed by atoms with Gasteiger partial charge in [-0.25, -0.2) is 17.9 Å². The number of rotatable bonds is 10. The quantitative estimate of drug-likeness (QED) is 0.444. The van der Waals surface area contributed by atoms with Crippen LogP contribution in [-0.4, -0.2) is 58.6 Å². The Kier molecular flexibility index (Phi) is 9.32. The summed E-state index contributed by atoms with van der Waals surface area (Å²) in [5.74, 6) is 0. The van der Waals surface area contributed by atoms with Gasteiger partial charge >= 0.3 is 6.03 Å². The van der Waals surface area contributed by atoms with Crippen LogP contribution >= 0.6 is 0 Å². The van der Waals surface area contributed by atoms with Crippen LogP contribution in [0.25, 0.3) is 0 Å². The lowest BCUT2D eigenvalue weighted by molar-refractivity contribution is 0.252. The first kappa shape index (κ1) is 26.0. The smallest absolute Gasteiger partial charge is 0.319 e. The molecule has 0 bridgehead atoms. The number of unbranched alkanes of at least 4 members (excludes halogenated alkanes) is 1. The topological polar surface area (TPSA) is 93.8 Å². The van der Waals surface area contributed by atoms with Crippen LogP contribution < -0.4 is 20.3 Å². The van der Waals surface area contributed by atoms with Crippen molar-refractivity contribution >= 4 is 27.4 Å². The third kappa shape index (κ3) is 6.94. The van der Waals surface area contributed by atoms with E-state index < -0.39 is 16.1 Å². The van der Waals surface area contributed by atoms with Crippen molar-refractivity contribution in [2.45, 2.75) is 44.6 Å². The molecule has 1 aliphatic heterocycles. The van der Waals surface area contributed by atoms with Gasteiger partial charge in [-0.2, -0.15) is 0 Å². The number of carbonyl (C=O) groups excluding carboxylic acids is 1. The Balaban J connectivity index is 1.87. The molecule has 34 heavy (non-hydrogen) atoms. The summed E-state index contributed by atoms with van der Waals surface area (Å²) in [6, 6.07) is 13.9. The molecule has 3 rings (SSSR count). The van der Waals surface area contributed by atoms with Gasteiger partial charge in [-0.05, 0) is 43.7 Å². The molecule has 1 fully saturated rings. The van der Waals surface area contributed by atoms with E-state index in [4.69, 9.17) is 0 Å². The Labute approximate surface area is 203 Å². The number of carbonyl (C=O) groups is 1. The van der Waals surface area contributed by atoms with Gasteiger partial charge in [0.1, 0.15) is 4.90 Å². The number of urea groups is 1. The van der Waals surface area contributed by atoms with Crippen LogP contribution in [0.1, 0.15) is 45.2 Å². The van der Waals surface area contributed by atoms with Crippen molar-refractivity contribution in [3.63, 3.8) is 0 Å². The maximum Gasteiger partial charge on any atom is 0.319 e. The molecular formula is C25H37N5O3S. The van der Waals surface area contributed by atoms with E-state index in [9.17, 15) is 13.2 Å². The van der Waals surface area contributed by atoms with Gasteiger partial charge in [0, 0.05) is 44.5 Å². The van der Waals surface area contributed by atoms with Crippen LogP contribution in [0.3, 0.4) is 0 Å². The largest absolute Gasteiger partial charge is 0.368 e. The summed E-state index contributed by atoms with van der Waals surface area (Å²) in [5, 5.41) is 5.58. The predicted octanol–water partition coefficient (Wildman–Crippen LogP) is 3.79. The highest BCUT2D eigenvalue weighted by atomic mass is 32.2. The van der Waals surface area contributed by atoms with Gasteiger partial charge in [0.25, 0.3) is 0 Å². The van der Waals surface area contributed by atoms with Gasteiger partial charge in [-0.3, -0.25) is 0 Å². The van der Waals surface area contributed by atoms with Gasteiger partial charge < -0.3 is 20.4 Å². The first-order valence-electron chi connectivity index (χ1n) is 12.1. The highest BCUT2D eigenvalue weighted by molar-refractivity contribution is 7.89. The summed E-state index contributed by atoms with van der Waals surface area (Å²) < 4.78 is 30.0. The zero-order valence-electron chi connectivity index (χ0n) is 20.4. The maximum absolute atomic E-state index is 13.6. The molecule has 0 saturated carbocycles. The summed E-state index contributed by atoms with van der Waals surface area (Å²) in [4.78, 5) is 16.9. The zero-order valence-corrected chi connectivity index (χ0v) is 21.2. The van der Waals surface area contributed by atoms with Crippen LogP contribution in [0.2, 0.25) is 0 Å². The molecule has 186 valence electrons. The SMILES string of the molecule is CCCCNC(=O)Nc1ccc(N2CCN(CC)CC2)c(S(=O)(=O)N[C@H](C)c2ccccc2)c1. The fraction of sp³-hybridized carbons (Fsp3) is 0.480. The van der Waals surface area contributed by atoms with Crippen LogP contribution in [0.15, 0.2) is 53.4 Å². The molecule has 2 amide bonds. The van der Waals surface area contributed by atoms with E-state index in [1.165, 1.54) is 0 Å². The van der Waals surface area contributed by atoms with E-state index >= 15 is 0 Å². The lowest BCUT2D eigenvalue weighted by Crippen LogP contribution is -2.46. The summed E-state index contributed by atoms with van der Waals surface area (Å²) >= 11 is 0. The normalized spacial score (nSPS) is 15.7. The fourth-order valence-corrected chi connectivity index (χ4v) is 5.52. The molecular weight excluding hydrogens is 450 g/mol. The Morgan fingerprint density at radius 1 is 1.03 bits per heavy atom. The van der Waals surface area contributed by atoms with Gasteiger partial charge in [-0.1, -0.05) is 50.6 Å². The average Bonchev–Trinajstić information content (AvgIpc) is 2.84. The van der Waals surface area contributed by atoms with Crippen molar-refractivity contribution in [3.8, 4) is 0 Å². The van der Waals surface area contributed by atoms with Crippen molar-refractivity contribution in [3.05, 3.63) is 54.1 Å². The first-order chi connectivity index (χ1) is 16.3. The Bertz CT molecular complexity index is 1040. The number of sulfonamides is 1. The summed E-state index contributed by atoms with van der Waals surface area (Å²) in [6.45, 7) is 10.8. The van der Waals surface area contributed by atoms with E-state index in [0.717, 1.165) is 51.1 Å². The second-order valence-corrected chi connectivity index (χ2v) is 10.3. The predicted molar refractivity (Wildman–Crippen MR) is 138 cm³/mol. The number of benzene rings is 2. The number of nitrogens with zero attached hydrogens (tertiary/aromatic N) is 2. The number of amides is 2. The van der Waals surface area contributed by atoms with Gasteiger partial charge in [0.2, 0.25) is 10.0 Å². The molecule has 1 heterocycles. The Morgan fingerprint density at radius 2 is 1.74 bits per heavy atom. The molecule has 2 aromatic carbocycles. The minimum atomic E-state index is -3.86. The van der Waals surface area contributed by atoms with E-state index in [1.807, 2.05) is 37.3 Å². The molecule has 9 heteroatoms. The average molecular weight is 488 g/mol. The lowest BCUT2D eigenvalue weighted by atomic mass is 10.1. The van der Waals surface area contributed by atoms with Gasteiger partial charge in [-0.15, -0.1) is 0 Å². The van der Waals surface area contributed by atoms with E-state index in [1.54, 1.807) is 18.2 Å². The van der Waals surface area contributed by atoms with Crippen LogP contribution in [0.4, 0.5) is 16.2 Å². The second kappa shape index (κ2) is 12.2. The summed E-state index contributed by atoms with van der Waals surface area (Å²) in [5.41, 5.74) is 1.98. The molecule has 1 aliphatic rings. The van der Waals surface area contributed by atoms with E-state index in [-0.39, 0.29) is 10.9 Å². The Hall–Kier alpha value is -2.62. The number of nitrogens with one attached hydrogen (secondary N) is 3. The van der Waals surface area contributed by atoms with Crippen molar-refractivity contribution in [2.24, 2.45) is 0 Å². The highest BCUT2D eigenvalue weighted by Gasteiger charge is 2.27. The van der Waals surface area contributed by atoms with Gasteiger partial charge in [0.15, 0.2) is 0 Å². The van der Waals surface area contributed by atoms with Crippen molar-refractivity contribution in [1.29, 1.82) is 0 Å². The zero-order chi connectivity index (χ0) is 24.6. The summed E-state index contributed by atoms with van der Waals surface area (Å²) in [6.07, 6.45) is 1.87. The van der Waals surface area contributed by atoms with Gasteiger partial charge in [0.05, 0.1) is 5.69 Å². The molecule has 8 nitrogen and oxygen atoms in total. The molecule has 3 N–H and O–H groups in total. The number of piperazine rings is 1. The third-order valence-electron chi connectivity index (χ3n) is 6.11. The van der Waals surface area contributed by atoms with Crippen LogP contribution in [0.5, 0.6) is 0 Å². The van der Waals surface area contributed by atoms with E-state index in [0.29, 0.717) is 17.9 Å². The van der Waals surface area contributed by atoms with Crippen LogP contribution in [-0.2, 0) is 10.0 Å². The first-order valence-corrected chi connectivity index (χ1v) is 13.6. The highest BCUT2D eigenvalue weighted by Crippen LogP contribution is 2.30. The molecule has 0 unspecified atom stereocenters. The molecule has 1 atom stereocenters. The van der Waals surface area contributed by atoms with Crippen molar-refractivity contribution < 1.29 is 13.2 Å². The number of anilines is 2. The monoisotopic (exact) mass is 487 g/mol. The number of hydrogen-bond donors (Lipinski definition) is 3. The second-order valence-electron chi connectivity index (χ2n) is 8.59. The minimum Gasteiger partial charge on any atom is -0.368 e.